The number of hydrogen-bond acceptors (Lipinski definition) is 3. The average molecular weight is 463 g/mol. The summed E-state index contributed by atoms with van der Waals surface area (Å²) in [7, 11) is 1.37. The number of esters is 1. The first kappa shape index (κ1) is 16.5. The van der Waals surface area contributed by atoms with E-state index in [1.807, 2.05) is 28.9 Å². The molecular weight excluding hydrogens is 447 g/mol. The second kappa shape index (κ2) is 6.08. The van der Waals surface area contributed by atoms with Crippen LogP contribution in [0.2, 0.25) is 0 Å². The maximum atomic E-state index is 11.9. The molecule has 0 fully saturated rings. The predicted octanol–water partition coefficient (Wildman–Crippen LogP) is 4.32. The van der Waals surface area contributed by atoms with Crippen LogP contribution in [0.5, 0.6) is 0 Å². The molecule has 0 aliphatic rings. The molecule has 1 aromatic heterocycles. The van der Waals surface area contributed by atoms with E-state index < -0.39 is 5.97 Å². The van der Waals surface area contributed by atoms with Gasteiger partial charge >= 0.3 is 5.97 Å². The molecule has 0 N–H and O–H groups in total. The zero-order valence-corrected chi connectivity index (χ0v) is 16.0. The largest absolute Gasteiger partial charge is 0.464 e. The van der Waals surface area contributed by atoms with Gasteiger partial charge in [-0.25, -0.2) is 9.48 Å². The zero-order chi connectivity index (χ0) is 15.8. The summed E-state index contributed by atoms with van der Waals surface area (Å²) in [5, 5.41) is 4.47. The molecule has 0 spiro atoms. The lowest BCUT2D eigenvalue weighted by molar-refractivity contribution is 0.0592. The Labute approximate surface area is 146 Å². The Morgan fingerprint density at radius 2 is 2.05 bits per heavy atom. The van der Waals surface area contributed by atoms with E-state index in [1.165, 1.54) is 7.11 Å². The van der Waals surface area contributed by atoms with Crippen LogP contribution in [0.4, 0.5) is 0 Å². The minimum Gasteiger partial charge on any atom is -0.464 e. The van der Waals surface area contributed by atoms with Gasteiger partial charge in [-0.3, -0.25) is 0 Å². The van der Waals surface area contributed by atoms with Gasteiger partial charge in [-0.1, -0.05) is 42.8 Å². The maximum absolute atomic E-state index is 11.9. The number of hydrogen-bond donors (Lipinski definition) is 0. The molecule has 2 rings (SSSR count). The van der Waals surface area contributed by atoms with E-state index in [2.05, 4.69) is 64.4 Å². The fourth-order valence-electron chi connectivity index (χ4n) is 2.07. The van der Waals surface area contributed by atoms with Crippen LogP contribution in [0.1, 0.15) is 37.0 Å². The second-order valence-corrected chi connectivity index (χ2v) is 7.64. The molecule has 2 aromatic rings. The van der Waals surface area contributed by atoms with Gasteiger partial charge in [-0.15, -0.1) is 0 Å². The number of nitrogens with zero attached hydrogens (tertiary/aromatic N) is 2. The molecule has 112 valence electrons. The third-order valence-electron chi connectivity index (χ3n) is 2.97. The summed E-state index contributed by atoms with van der Waals surface area (Å²) < 4.78 is 8.44. The Balaban J connectivity index is 2.73. The molecule has 0 unspecified atom stereocenters. The van der Waals surface area contributed by atoms with Crippen molar-refractivity contribution in [2.75, 3.05) is 7.11 Å². The van der Waals surface area contributed by atoms with E-state index in [1.54, 1.807) is 0 Å². The lowest BCUT2D eigenvalue weighted by Gasteiger charge is -2.21. The summed E-state index contributed by atoms with van der Waals surface area (Å²) in [4.78, 5) is 11.9. The summed E-state index contributed by atoms with van der Waals surface area (Å²) in [6.07, 6.45) is 0. The van der Waals surface area contributed by atoms with Crippen LogP contribution >= 0.6 is 38.5 Å². The lowest BCUT2D eigenvalue weighted by atomic mass is 9.91. The highest BCUT2D eigenvalue weighted by molar-refractivity contribution is 14.1. The number of ether oxygens (including phenoxy) is 1. The van der Waals surface area contributed by atoms with Crippen molar-refractivity contribution in [3.05, 3.63) is 43.7 Å². The van der Waals surface area contributed by atoms with E-state index >= 15 is 0 Å². The highest BCUT2D eigenvalue weighted by Gasteiger charge is 2.29. The molecule has 4 nitrogen and oxygen atoms in total. The summed E-state index contributed by atoms with van der Waals surface area (Å²) >= 11 is 5.63. The Morgan fingerprint density at radius 1 is 1.38 bits per heavy atom. The highest BCUT2D eigenvalue weighted by Crippen LogP contribution is 2.32. The Hall–Kier alpha value is -0.890. The smallest absolute Gasteiger partial charge is 0.359 e. The fourth-order valence-corrected chi connectivity index (χ4v) is 3.82. The van der Waals surface area contributed by atoms with E-state index in [0.29, 0.717) is 5.69 Å². The number of carbonyl (C=O) groups is 1. The lowest BCUT2D eigenvalue weighted by Crippen LogP contribution is -2.18. The van der Waals surface area contributed by atoms with E-state index in [9.17, 15) is 4.79 Å². The first-order valence-corrected chi connectivity index (χ1v) is 8.26. The summed E-state index contributed by atoms with van der Waals surface area (Å²) in [6, 6.07) is 7.83. The van der Waals surface area contributed by atoms with Crippen molar-refractivity contribution in [2.45, 2.75) is 26.2 Å². The van der Waals surface area contributed by atoms with Gasteiger partial charge in [0, 0.05) is 9.89 Å². The van der Waals surface area contributed by atoms with Crippen molar-refractivity contribution >= 4 is 44.5 Å². The number of carbonyl (C=O) groups excluding carboxylic acids is 1. The molecule has 0 bridgehead atoms. The van der Waals surface area contributed by atoms with Crippen LogP contribution < -0.4 is 0 Å². The van der Waals surface area contributed by atoms with Crippen LogP contribution in [0.25, 0.3) is 5.69 Å². The van der Waals surface area contributed by atoms with Crippen molar-refractivity contribution in [3.8, 4) is 5.69 Å². The third-order valence-corrected chi connectivity index (χ3v) is 4.48. The topological polar surface area (TPSA) is 44.1 Å². The number of aromatic nitrogens is 2. The number of methoxy groups -OCH3 is 1. The Bertz CT molecular complexity index is 689. The number of halogens is 2. The summed E-state index contributed by atoms with van der Waals surface area (Å²) in [5.41, 5.74) is 2.09. The zero-order valence-electron chi connectivity index (χ0n) is 12.3. The molecular formula is C15H16BrIN2O2. The molecule has 1 aromatic carbocycles. The maximum Gasteiger partial charge on any atom is 0.359 e. The Kier molecular flexibility index (Phi) is 4.77. The highest BCUT2D eigenvalue weighted by atomic mass is 127. The van der Waals surface area contributed by atoms with E-state index in [0.717, 1.165) is 19.4 Å². The molecule has 0 aliphatic heterocycles. The van der Waals surface area contributed by atoms with Crippen LogP contribution in [0.15, 0.2) is 28.7 Å². The van der Waals surface area contributed by atoms with Crippen molar-refractivity contribution in [1.29, 1.82) is 0 Å². The summed E-state index contributed by atoms with van der Waals surface area (Å²) in [6.45, 7) is 6.30. The van der Waals surface area contributed by atoms with Gasteiger partial charge in [-0.2, -0.15) is 5.10 Å². The normalized spacial score (nSPS) is 11.5. The quantitative estimate of drug-likeness (QED) is 0.493. The molecule has 0 aliphatic carbocycles. The fraction of sp³-hybridized carbons (Fsp3) is 0.333. The standard InChI is InChI=1S/C15H16BrIN2O2/c1-15(2,3)13-11(17)12(14(20)21-4)18-19(13)10-7-5-6-9(16)8-10/h5-8H,1-4H3. The van der Waals surface area contributed by atoms with Gasteiger partial charge in [0.1, 0.15) is 0 Å². The van der Waals surface area contributed by atoms with Crippen LogP contribution in [-0.2, 0) is 10.2 Å². The third kappa shape index (κ3) is 3.31. The SMILES string of the molecule is COC(=O)c1nn(-c2cccc(Br)c2)c(C(C)(C)C)c1I. The molecule has 0 amide bonds. The van der Waals surface area contributed by atoms with Gasteiger partial charge < -0.3 is 4.74 Å². The predicted molar refractivity (Wildman–Crippen MR) is 94.0 cm³/mol. The molecule has 0 saturated carbocycles. The van der Waals surface area contributed by atoms with Gasteiger partial charge in [0.2, 0.25) is 0 Å². The minimum atomic E-state index is -0.418. The van der Waals surface area contributed by atoms with Gasteiger partial charge in [0.15, 0.2) is 5.69 Å². The van der Waals surface area contributed by atoms with Crippen molar-refractivity contribution in [1.82, 2.24) is 9.78 Å². The van der Waals surface area contributed by atoms with Crippen LogP contribution in [-0.4, -0.2) is 22.9 Å². The van der Waals surface area contributed by atoms with Crippen LogP contribution in [0.3, 0.4) is 0 Å². The molecule has 21 heavy (non-hydrogen) atoms. The van der Waals surface area contributed by atoms with Gasteiger partial charge in [0.05, 0.1) is 22.1 Å². The molecule has 1 heterocycles. The number of rotatable bonds is 2. The van der Waals surface area contributed by atoms with Gasteiger partial charge in [0.25, 0.3) is 0 Å². The second-order valence-electron chi connectivity index (χ2n) is 5.64. The Morgan fingerprint density at radius 3 is 2.57 bits per heavy atom. The van der Waals surface area contributed by atoms with E-state index in [4.69, 9.17) is 4.74 Å². The van der Waals surface area contributed by atoms with Crippen molar-refractivity contribution in [2.24, 2.45) is 0 Å². The van der Waals surface area contributed by atoms with Crippen LogP contribution in [0, 0.1) is 3.57 Å². The number of benzene rings is 1. The minimum absolute atomic E-state index is 0.155. The summed E-state index contributed by atoms with van der Waals surface area (Å²) in [5.74, 6) is -0.418. The molecule has 0 saturated heterocycles. The van der Waals surface area contributed by atoms with Crippen molar-refractivity contribution < 1.29 is 9.53 Å². The average Bonchev–Trinajstić information content (AvgIpc) is 2.75. The first-order chi connectivity index (χ1) is 9.75. The van der Waals surface area contributed by atoms with E-state index in [-0.39, 0.29) is 5.41 Å². The monoisotopic (exact) mass is 462 g/mol. The molecule has 0 atom stereocenters. The van der Waals surface area contributed by atoms with Gasteiger partial charge in [-0.05, 0) is 40.8 Å². The van der Waals surface area contributed by atoms with Crippen molar-refractivity contribution in [3.63, 3.8) is 0 Å². The first-order valence-electron chi connectivity index (χ1n) is 6.39. The molecule has 0 radical (unpaired) electrons. The molecule has 6 heteroatoms.